The van der Waals surface area contributed by atoms with Gasteiger partial charge in [-0.3, -0.25) is 9.59 Å². The van der Waals surface area contributed by atoms with Crippen molar-refractivity contribution in [1.29, 1.82) is 5.26 Å². The fourth-order valence-electron chi connectivity index (χ4n) is 3.76. The average molecular weight is 533 g/mol. The van der Waals surface area contributed by atoms with Gasteiger partial charge >= 0.3 is 6.09 Å². The van der Waals surface area contributed by atoms with Gasteiger partial charge in [-0.25, -0.2) is 4.79 Å². The van der Waals surface area contributed by atoms with Gasteiger partial charge in [-0.05, 0) is 76.9 Å². The lowest BCUT2D eigenvalue weighted by molar-refractivity contribution is -0.142. The molecular formula is C30H36N4O5. The Morgan fingerprint density at radius 2 is 1.62 bits per heavy atom. The van der Waals surface area contributed by atoms with Gasteiger partial charge in [0.25, 0.3) is 0 Å². The van der Waals surface area contributed by atoms with Crippen LogP contribution < -0.4 is 10.6 Å². The summed E-state index contributed by atoms with van der Waals surface area (Å²) in [6.45, 7) is 10.1. The first-order valence-electron chi connectivity index (χ1n) is 12.5. The van der Waals surface area contributed by atoms with Gasteiger partial charge in [-0.1, -0.05) is 30.2 Å². The Bertz CT molecular complexity index is 1240. The zero-order valence-corrected chi connectivity index (χ0v) is 23.2. The Morgan fingerprint density at radius 1 is 1.03 bits per heavy atom. The molecule has 0 aliphatic heterocycles. The topological polar surface area (TPSA) is 132 Å². The standard InChI is InChI=1S/C30H36N4O5/c1-8-20-9-13-22(14-10-20)25(26(36)33-29(2,3)4)34(18-17-31)27(37)24(32-28(38)39-30(5,6)7)19-21-11-15-23(35)16-12-21/h1,9-16,24-25,35H,18-19H2,2-7H3,(H,32,38)(H,33,36). The Labute approximate surface area is 230 Å². The third-order valence-electron chi connectivity index (χ3n) is 5.34. The summed E-state index contributed by atoms with van der Waals surface area (Å²) in [6, 6.07) is 12.3. The van der Waals surface area contributed by atoms with Gasteiger partial charge in [0.2, 0.25) is 11.8 Å². The molecule has 0 radical (unpaired) electrons. The van der Waals surface area contributed by atoms with Crippen LogP contribution in [0.1, 0.15) is 64.3 Å². The molecule has 2 atom stereocenters. The molecule has 2 aromatic rings. The van der Waals surface area contributed by atoms with Crippen molar-refractivity contribution in [2.45, 2.75) is 71.2 Å². The largest absolute Gasteiger partial charge is 0.508 e. The quantitative estimate of drug-likeness (QED) is 0.350. The summed E-state index contributed by atoms with van der Waals surface area (Å²) in [4.78, 5) is 41.5. The molecule has 0 bridgehead atoms. The summed E-state index contributed by atoms with van der Waals surface area (Å²) < 4.78 is 5.37. The Morgan fingerprint density at radius 3 is 2.10 bits per heavy atom. The summed E-state index contributed by atoms with van der Waals surface area (Å²) in [5.41, 5.74) is 0.212. The third kappa shape index (κ3) is 9.71. The van der Waals surface area contributed by atoms with Crippen LogP contribution in [0.25, 0.3) is 0 Å². The third-order valence-corrected chi connectivity index (χ3v) is 5.34. The molecule has 39 heavy (non-hydrogen) atoms. The van der Waals surface area contributed by atoms with Gasteiger partial charge in [0.15, 0.2) is 0 Å². The van der Waals surface area contributed by atoms with E-state index in [1.165, 1.54) is 12.1 Å². The first-order valence-corrected chi connectivity index (χ1v) is 12.5. The van der Waals surface area contributed by atoms with E-state index in [9.17, 15) is 24.8 Å². The van der Waals surface area contributed by atoms with E-state index in [1.54, 1.807) is 77.9 Å². The number of rotatable bonds is 8. The fourth-order valence-corrected chi connectivity index (χ4v) is 3.76. The van der Waals surface area contributed by atoms with E-state index in [-0.39, 0.29) is 12.2 Å². The van der Waals surface area contributed by atoms with Gasteiger partial charge in [0, 0.05) is 17.5 Å². The second kappa shape index (κ2) is 12.8. The first-order chi connectivity index (χ1) is 18.1. The minimum absolute atomic E-state index is 0.0178. The highest BCUT2D eigenvalue weighted by Gasteiger charge is 2.37. The number of amides is 3. The fraction of sp³-hybridized carbons (Fsp3) is 0.400. The number of phenolic OH excluding ortho intramolecular Hbond substituents is 1. The highest BCUT2D eigenvalue weighted by Crippen LogP contribution is 2.25. The van der Waals surface area contributed by atoms with Crippen molar-refractivity contribution in [2.24, 2.45) is 0 Å². The number of carbonyl (C=O) groups excluding carboxylic acids is 3. The maximum Gasteiger partial charge on any atom is 0.408 e. The average Bonchev–Trinajstić information content (AvgIpc) is 2.82. The molecule has 9 nitrogen and oxygen atoms in total. The Balaban J connectivity index is 2.57. The van der Waals surface area contributed by atoms with E-state index in [4.69, 9.17) is 11.2 Å². The number of phenols is 1. The van der Waals surface area contributed by atoms with E-state index in [0.717, 1.165) is 4.90 Å². The van der Waals surface area contributed by atoms with Crippen molar-refractivity contribution in [1.82, 2.24) is 15.5 Å². The van der Waals surface area contributed by atoms with E-state index in [0.29, 0.717) is 16.7 Å². The molecule has 0 aliphatic carbocycles. The number of carbonyl (C=O) groups is 3. The molecule has 0 aromatic heterocycles. The molecule has 0 saturated heterocycles. The van der Waals surface area contributed by atoms with Crippen LogP contribution in [0.2, 0.25) is 0 Å². The second-order valence-electron chi connectivity index (χ2n) is 11.1. The molecule has 206 valence electrons. The lowest BCUT2D eigenvalue weighted by Gasteiger charge is -2.34. The van der Waals surface area contributed by atoms with E-state index in [1.807, 2.05) is 6.07 Å². The van der Waals surface area contributed by atoms with Crippen LogP contribution >= 0.6 is 0 Å². The number of nitriles is 1. The van der Waals surface area contributed by atoms with Crippen LogP contribution in [0.4, 0.5) is 4.79 Å². The number of nitrogens with zero attached hydrogens (tertiary/aromatic N) is 2. The number of hydrogen-bond donors (Lipinski definition) is 3. The van der Waals surface area contributed by atoms with Crippen LogP contribution in [-0.2, 0) is 20.7 Å². The molecule has 3 amide bonds. The van der Waals surface area contributed by atoms with E-state index < -0.39 is 47.7 Å². The van der Waals surface area contributed by atoms with Crippen molar-refractivity contribution in [3.63, 3.8) is 0 Å². The molecule has 0 heterocycles. The Kier molecular flexibility index (Phi) is 10.1. The first kappa shape index (κ1) is 30.7. The minimum Gasteiger partial charge on any atom is -0.508 e. The molecule has 2 aromatic carbocycles. The zero-order valence-electron chi connectivity index (χ0n) is 23.2. The van der Waals surface area contributed by atoms with E-state index in [2.05, 4.69) is 16.6 Å². The van der Waals surface area contributed by atoms with Gasteiger partial charge in [-0.15, -0.1) is 6.42 Å². The van der Waals surface area contributed by atoms with Gasteiger partial charge in [-0.2, -0.15) is 5.26 Å². The van der Waals surface area contributed by atoms with Crippen molar-refractivity contribution in [3.8, 4) is 24.2 Å². The summed E-state index contributed by atoms with van der Waals surface area (Å²) in [5.74, 6) is 1.40. The number of aromatic hydroxyl groups is 1. The van der Waals surface area contributed by atoms with Crippen LogP contribution in [-0.4, -0.2) is 51.6 Å². The summed E-state index contributed by atoms with van der Waals surface area (Å²) >= 11 is 0. The maximum absolute atomic E-state index is 14.1. The molecule has 3 N–H and O–H groups in total. The van der Waals surface area contributed by atoms with E-state index >= 15 is 0 Å². The zero-order chi connectivity index (χ0) is 29.4. The number of ether oxygens (including phenoxy) is 1. The predicted octanol–water partition coefficient (Wildman–Crippen LogP) is 3.82. The van der Waals surface area contributed by atoms with Crippen molar-refractivity contribution in [3.05, 3.63) is 65.2 Å². The number of terminal acetylenes is 1. The van der Waals surface area contributed by atoms with Crippen LogP contribution in [0.5, 0.6) is 5.75 Å². The molecular weight excluding hydrogens is 496 g/mol. The lowest BCUT2D eigenvalue weighted by atomic mass is 9.98. The molecule has 0 spiro atoms. The van der Waals surface area contributed by atoms with Gasteiger partial charge in [0.1, 0.15) is 30.0 Å². The van der Waals surface area contributed by atoms with Crippen molar-refractivity contribution in [2.75, 3.05) is 6.54 Å². The number of alkyl carbamates (subject to hydrolysis) is 1. The highest BCUT2D eigenvalue weighted by molar-refractivity contribution is 5.92. The minimum atomic E-state index is -1.19. The number of nitrogens with one attached hydrogen (secondary N) is 2. The molecule has 0 fully saturated rings. The number of hydrogen-bond acceptors (Lipinski definition) is 6. The normalized spacial score (nSPS) is 12.7. The molecule has 0 saturated carbocycles. The summed E-state index contributed by atoms with van der Waals surface area (Å²) in [7, 11) is 0. The predicted molar refractivity (Wildman–Crippen MR) is 147 cm³/mol. The summed E-state index contributed by atoms with van der Waals surface area (Å²) in [5, 5.41) is 24.8. The molecule has 9 heteroatoms. The van der Waals surface area contributed by atoms with Crippen molar-refractivity contribution < 1.29 is 24.2 Å². The maximum atomic E-state index is 14.1. The molecule has 0 aliphatic rings. The summed E-state index contributed by atoms with van der Waals surface area (Å²) in [6.07, 6.45) is 4.67. The Hall–Kier alpha value is -4.50. The lowest BCUT2D eigenvalue weighted by Crippen LogP contribution is -2.55. The van der Waals surface area contributed by atoms with Crippen molar-refractivity contribution >= 4 is 17.9 Å². The van der Waals surface area contributed by atoms with Crippen LogP contribution in [0, 0.1) is 23.7 Å². The van der Waals surface area contributed by atoms with Crippen LogP contribution in [0.3, 0.4) is 0 Å². The SMILES string of the molecule is C#Cc1ccc(C(C(=O)NC(C)(C)C)N(CC#N)C(=O)C(Cc2ccc(O)cc2)NC(=O)OC(C)(C)C)cc1. The smallest absolute Gasteiger partial charge is 0.408 e. The van der Waals surface area contributed by atoms with Crippen LogP contribution in [0.15, 0.2) is 48.5 Å². The second-order valence-corrected chi connectivity index (χ2v) is 11.1. The molecule has 2 unspecified atom stereocenters. The number of benzene rings is 2. The van der Waals surface area contributed by atoms with Gasteiger partial charge in [0.05, 0.1) is 6.07 Å². The van der Waals surface area contributed by atoms with Gasteiger partial charge < -0.3 is 25.4 Å². The monoisotopic (exact) mass is 532 g/mol. The highest BCUT2D eigenvalue weighted by atomic mass is 16.6. The molecule has 2 rings (SSSR count).